The first-order valence-corrected chi connectivity index (χ1v) is 5.93. The highest BCUT2D eigenvalue weighted by Gasteiger charge is 2.11. The molecule has 0 atom stereocenters. The number of para-hydroxylation sites is 1. The molecule has 0 amide bonds. The van der Waals surface area contributed by atoms with E-state index in [1.165, 1.54) is 0 Å². The average Bonchev–Trinajstić information content (AvgIpc) is 2.77. The van der Waals surface area contributed by atoms with Crippen molar-refractivity contribution in [2.75, 3.05) is 5.73 Å². The molecule has 0 aliphatic carbocycles. The van der Waals surface area contributed by atoms with Crippen LogP contribution in [0.25, 0.3) is 32.7 Å². The lowest BCUT2D eigenvalue weighted by molar-refractivity contribution is 0.669. The number of hydrogen-bond donors (Lipinski definition) is 1. The highest BCUT2D eigenvalue weighted by Crippen LogP contribution is 2.36. The first kappa shape index (κ1) is 9.54. The molecule has 0 saturated heterocycles. The normalized spacial score (nSPS) is 11.6. The molecular weight excluding hydrogens is 222 g/mol. The smallest absolute Gasteiger partial charge is 0.138 e. The molecule has 18 heavy (non-hydrogen) atoms. The molecule has 0 saturated carbocycles. The monoisotopic (exact) mass is 233 g/mol. The van der Waals surface area contributed by atoms with Crippen molar-refractivity contribution in [1.29, 1.82) is 0 Å². The Bertz CT molecular complexity index is 889. The van der Waals surface area contributed by atoms with Gasteiger partial charge in [-0.05, 0) is 11.5 Å². The van der Waals surface area contributed by atoms with E-state index in [4.69, 9.17) is 10.2 Å². The second-order valence-corrected chi connectivity index (χ2v) is 4.48. The second kappa shape index (κ2) is 3.26. The summed E-state index contributed by atoms with van der Waals surface area (Å²) in [4.78, 5) is 0. The van der Waals surface area contributed by atoms with Crippen LogP contribution in [0.4, 0.5) is 5.69 Å². The molecule has 0 aliphatic rings. The summed E-state index contributed by atoms with van der Waals surface area (Å²) in [6.45, 7) is 0. The van der Waals surface area contributed by atoms with Crippen molar-refractivity contribution in [3.8, 4) is 0 Å². The second-order valence-electron chi connectivity index (χ2n) is 4.48. The largest absolute Gasteiger partial charge is 0.456 e. The molecule has 2 nitrogen and oxygen atoms in total. The van der Waals surface area contributed by atoms with Crippen LogP contribution < -0.4 is 5.73 Å². The van der Waals surface area contributed by atoms with Gasteiger partial charge in [0.1, 0.15) is 11.2 Å². The topological polar surface area (TPSA) is 39.2 Å². The third kappa shape index (κ3) is 1.12. The number of benzene rings is 3. The molecule has 0 unspecified atom stereocenters. The number of furan rings is 1. The summed E-state index contributed by atoms with van der Waals surface area (Å²) in [6.07, 6.45) is 0. The van der Waals surface area contributed by atoms with Crippen molar-refractivity contribution < 1.29 is 4.42 Å². The molecule has 1 aromatic heterocycles. The van der Waals surface area contributed by atoms with Gasteiger partial charge < -0.3 is 10.2 Å². The van der Waals surface area contributed by atoms with Gasteiger partial charge in [0.05, 0.1) is 0 Å². The number of nitrogens with two attached hydrogens (primary N) is 1. The lowest BCUT2D eigenvalue weighted by Crippen LogP contribution is -1.86. The highest BCUT2D eigenvalue weighted by atomic mass is 16.3. The number of rotatable bonds is 0. The van der Waals surface area contributed by atoms with Crippen LogP contribution in [0.3, 0.4) is 0 Å². The van der Waals surface area contributed by atoms with Crippen LogP contribution in [0, 0.1) is 0 Å². The van der Waals surface area contributed by atoms with Gasteiger partial charge in [-0.1, -0.05) is 42.5 Å². The number of fused-ring (bicyclic) bond motifs is 5. The molecule has 1 heterocycles. The summed E-state index contributed by atoms with van der Waals surface area (Å²) in [5.41, 5.74) is 8.61. The van der Waals surface area contributed by atoms with Crippen molar-refractivity contribution in [3.63, 3.8) is 0 Å². The van der Waals surface area contributed by atoms with E-state index in [2.05, 4.69) is 12.1 Å². The molecule has 86 valence electrons. The van der Waals surface area contributed by atoms with Crippen LogP contribution in [0.2, 0.25) is 0 Å². The van der Waals surface area contributed by atoms with Gasteiger partial charge in [-0.2, -0.15) is 0 Å². The van der Waals surface area contributed by atoms with E-state index in [0.29, 0.717) is 0 Å². The fraction of sp³-hybridized carbons (Fsp3) is 0. The van der Waals surface area contributed by atoms with Crippen molar-refractivity contribution in [2.24, 2.45) is 0 Å². The third-order valence-electron chi connectivity index (χ3n) is 3.42. The zero-order valence-electron chi connectivity index (χ0n) is 9.68. The van der Waals surface area contributed by atoms with Gasteiger partial charge in [-0.25, -0.2) is 0 Å². The van der Waals surface area contributed by atoms with Crippen LogP contribution in [0.15, 0.2) is 59.0 Å². The summed E-state index contributed by atoms with van der Waals surface area (Å²) in [6, 6.07) is 18.2. The summed E-state index contributed by atoms with van der Waals surface area (Å²) in [5, 5.41) is 4.52. The predicted molar refractivity (Wildman–Crippen MR) is 75.6 cm³/mol. The third-order valence-corrected chi connectivity index (χ3v) is 3.42. The van der Waals surface area contributed by atoms with Gasteiger partial charge in [0.15, 0.2) is 0 Å². The Balaban J connectivity index is 2.39. The van der Waals surface area contributed by atoms with Gasteiger partial charge in [0.25, 0.3) is 0 Å². The van der Waals surface area contributed by atoms with E-state index in [1.54, 1.807) is 0 Å². The molecule has 0 radical (unpaired) electrons. The van der Waals surface area contributed by atoms with Crippen LogP contribution >= 0.6 is 0 Å². The minimum atomic E-state index is 0.761. The van der Waals surface area contributed by atoms with Crippen molar-refractivity contribution in [2.45, 2.75) is 0 Å². The minimum absolute atomic E-state index is 0.761. The van der Waals surface area contributed by atoms with Crippen LogP contribution in [-0.2, 0) is 0 Å². The van der Waals surface area contributed by atoms with E-state index < -0.39 is 0 Å². The maximum absolute atomic E-state index is 6.08. The fourth-order valence-electron chi connectivity index (χ4n) is 2.62. The van der Waals surface area contributed by atoms with Crippen molar-refractivity contribution in [1.82, 2.24) is 0 Å². The Hall–Kier alpha value is -2.48. The quantitative estimate of drug-likeness (QED) is 0.459. The average molecular weight is 233 g/mol. The summed E-state index contributed by atoms with van der Waals surface area (Å²) in [7, 11) is 0. The molecular formula is C16H11NO. The van der Waals surface area contributed by atoms with E-state index in [9.17, 15) is 0 Å². The Morgan fingerprint density at radius 1 is 0.722 bits per heavy atom. The van der Waals surface area contributed by atoms with Crippen LogP contribution in [-0.4, -0.2) is 0 Å². The molecule has 0 spiro atoms. The minimum Gasteiger partial charge on any atom is -0.456 e. The van der Waals surface area contributed by atoms with E-state index in [-0.39, 0.29) is 0 Å². The van der Waals surface area contributed by atoms with E-state index in [1.807, 2.05) is 42.5 Å². The molecule has 0 bridgehead atoms. The lowest BCUT2D eigenvalue weighted by Gasteiger charge is -2.02. The predicted octanol–water partition coefficient (Wildman–Crippen LogP) is 4.32. The van der Waals surface area contributed by atoms with Crippen molar-refractivity contribution in [3.05, 3.63) is 54.6 Å². The van der Waals surface area contributed by atoms with Gasteiger partial charge in [-0.15, -0.1) is 0 Å². The first-order valence-electron chi connectivity index (χ1n) is 5.93. The Morgan fingerprint density at radius 3 is 2.22 bits per heavy atom. The first-order chi connectivity index (χ1) is 8.84. The summed E-state index contributed by atoms with van der Waals surface area (Å²) >= 11 is 0. The lowest BCUT2D eigenvalue weighted by atomic mass is 10.0. The van der Waals surface area contributed by atoms with Gasteiger partial charge in [0.2, 0.25) is 0 Å². The number of nitrogen functional groups attached to an aromatic ring is 1. The van der Waals surface area contributed by atoms with E-state index in [0.717, 1.165) is 38.4 Å². The molecule has 0 fully saturated rings. The summed E-state index contributed by atoms with van der Waals surface area (Å²) in [5.74, 6) is 0. The van der Waals surface area contributed by atoms with Gasteiger partial charge >= 0.3 is 0 Å². The molecule has 2 N–H and O–H groups in total. The maximum Gasteiger partial charge on any atom is 0.138 e. The van der Waals surface area contributed by atoms with Gasteiger partial charge in [0, 0.05) is 27.9 Å². The standard InChI is InChI=1S/C16H11NO/c17-13-9-15-16(11-6-2-1-5-10(11)13)12-7-3-4-8-14(12)18-15/h1-9H,17H2. The SMILES string of the molecule is Nc1cc2oc3ccccc3c2c2ccccc12. The summed E-state index contributed by atoms with van der Waals surface area (Å²) < 4.78 is 5.86. The van der Waals surface area contributed by atoms with E-state index >= 15 is 0 Å². The molecule has 3 aromatic carbocycles. The highest BCUT2D eigenvalue weighted by molar-refractivity contribution is 6.21. The zero-order chi connectivity index (χ0) is 12.1. The maximum atomic E-state index is 6.08. The molecule has 0 aliphatic heterocycles. The Kier molecular flexibility index (Phi) is 1.73. The molecule has 2 heteroatoms. The number of anilines is 1. The zero-order valence-corrected chi connectivity index (χ0v) is 9.68. The Labute approximate surface area is 104 Å². The van der Waals surface area contributed by atoms with Crippen LogP contribution in [0.1, 0.15) is 0 Å². The molecule has 4 rings (SSSR count). The fourth-order valence-corrected chi connectivity index (χ4v) is 2.62. The van der Waals surface area contributed by atoms with Gasteiger partial charge in [-0.3, -0.25) is 0 Å². The Morgan fingerprint density at radius 2 is 1.39 bits per heavy atom. The number of hydrogen-bond acceptors (Lipinski definition) is 2. The van der Waals surface area contributed by atoms with Crippen molar-refractivity contribution >= 4 is 38.4 Å². The van der Waals surface area contributed by atoms with Crippen LogP contribution in [0.5, 0.6) is 0 Å². The molecule has 4 aromatic rings.